The fourth-order valence-electron chi connectivity index (χ4n) is 2.12. The van der Waals surface area contributed by atoms with Crippen molar-refractivity contribution in [3.63, 3.8) is 0 Å². The van der Waals surface area contributed by atoms with Gasteiger partial charge in [0.1, 0.15) is 5.60 Å². The van der Waals surface area contributed by atoms with Crippen molar-refractivity contribution >= 4 is 21.9 Å². The molecule has 0 aromatic heterocycles. The summed E-state index contributed by atoms with van der Waals surface area (Å²) in [5.74, 6) is 0.539. The maximum atomic E-state index is 11.9. The van der Waals surface area contributed by atoms with Gasteiger partial charge in [-0.3, -0.25) is 4.79 Å². The molecule has 0 aromatic carbocycles. The number of carbonyl (C=O) groups is 1. The van der Waals surface area contributed by atoms with Gasteiger partial charge in [0, 0.05) is 5.33 Å². The molecule has 0 radical (unpaired) electrons. The number of esters is 1. The lowest BCUT2D eigenvalue weighted by molar-refractivity contribution is -0.160. The normalized spacial score (nSPS) is 20.3. The molecule has 0 heterocycles. The summed E-state index contributed by atoms with van der Waals surface area (Å²) in [4.78, 5) is 11.9. The van der Waals surface area contributed by atoms with Gasteiger partial charge in [-0.1, -0.05) is 28.8 Å². The molecule has 0 bridgehead atoms. The van der Waals surface area contributed by atoms with Crippen LogP contribution in [0.3, 0.4) is 0 Å². The molecule has 0 N–H and O–H groups in total. The van der Waals surface area contributed by atoms with Crippen molar-refractivity contribution in [1.29, 1.82) is 0 Å². The van der Waals surface area contributed by atoms with E-state index in [0.29, 0.717) is 5.92 Å². The lowest BCUT2D eigenvalue weighted by Crippen LogP contribution is -2.32. The van der Waals surface area contributed by atoms with Crippen LogP contribution >= 0.6 is 15.9 Å². The molecule has 3 heteroatoms. The first-order chi connectivity index (χ1) is 6.94. The number of carbonyl (C=O) groups excluding carboxylic acids is 1. The van der Waals surface area contributed by atoms with Crippen molar-refractivity contribution in [2.45, 2.75) is 52.1 Å². The van der Waals surface area contributed by atoms with Gasteiger partial charge in [-0.15, -0.1) is 0 Å². The maximum absolute atomic E-state index is 11.9. The average Bonchev–Trinajstić information content (AvgIpc) is 2.54. The van der Waals surface area contributed by atoms with Gasteiger partial charge in [-0.2, -0.15) is 0 Å². The van der Waals surface area contributed by atoms with E-state index >= 15 is 0 Å². The number of alkyl halides is 1. The minimum Gasteiger partial charge on any atom is -0.460 e. The Morgan fingerprint density at radius 3 is 2.33 bits per heavy atom. The number of ether oxygens (including phenoxy) is 1. The summed E-state index contributed by atoms with van der Waals surface area (Å²) in [5, 5.41) is 0.729. The van der Waals surface area contributed by atoms with E-state index in [1.54, 1.807) is 0 Å². The zero-order chi connectivity index (χ0) is 11.5. The Morgan fingerprint density at radius 2 is 1.93 bits per heavy atom. The number of hydrogen-bond acceptors (Lipinski definition) is 2. The molecule has 1 atom stereocenters. The second-order valence-electron chi connectivity index (χ2n) is 5.34. The molecule has 1 aliphatic rings. The largest absolute Gasteiger partial charge is 0.460 e. The summed E-state index contributed by atoms with van der Waals surface area (Å²) in [6, 6.07) is 0. The molecular formula is C12H21BrO2. The minimum atomic E-state index is -0.365. The van der Waals surface area contributed by atoms with Crippen LogP contribution < -0.4 is 0 Å². The van der Waals surface area contributed by atoms with E-state index in [9.17, 15) is 4.79 Å². The molecule has 0 aromatic rings. The van der Waals surface area contributed by atoms with E-state index in [0.717, 1.165) is 5.33 Å². The Hall–Kier alpha value is -0.0500. The van der Waals surface area contributed by atoms with Crippen molar-refractivity contribution in [3.05, 3.63) is 0 Å². The molecule has 2 nitrogen and oxygen atoms in total. The maximum Gasteiger partial charge on any atom is 0.310 e. The average molecular weight is 277 g/mol. The summed E-state index contributed by atoms with van der Waals surface area (Å²) in [7, 11) is 0. The third-order valence-corrected chi connectivity index (χ3v) is 3.54. The fraction of sp³-hybridized carbons (Fsp3) is 0.917. The second kappa shape index (κ2) is 5.33. The van der Waals surface area contributed by atoms with E-state index in [1.165, 1.54) is 25.7 Å². The van der Waals surface area contributed by atoms with E-state index in [1.807, 2.05) is 20.8 Å². The molecule has 0 saturated heterocycles. The Labute approximate surface area is 101 Å². The van der Waals surface area contributed by atoms with Gasteiger partial charge in [0.25, 0.3) is 0 Å². The topological polar surface area (TPSA) is 26.3 Å². The molecule has 1 rings (SSSR count). The van der Waals surface area contributed by atoms with Gasteiger partial charge < -0.3 is 4.74 Å². The quantitative estimate of drug-likeness (QED) is 0.582. The minimum absolute atomic E-state index is 0.0359. The third kappa shape index (κ3) is 4.13. The van der Waals surface area contributed by atoms with Gasteiger partial charge in [-0.25, -0.2) is 0 Å². The summed E-state index contributed by atoms with van der Waals surface area (Å²) >= 11 is 3.43. The van der Waals surface area contributed by atoms with Gasteiger partial charge in [-0.05, 0) is 39.5 Å². The highest BCUT2D eigenvalue weighted by atomic mass is 79.9. The van der Waals surface area contributed by atoms with Crippen LogP contribution in [0.15, 0.2) is 0 Å². The van der Waals surface area contributed by atoms with Crippen LogP contribution in [0.5, 0.6) is 0 Å². The smallest absolute Gasteiger partial charge is 0.310 e. The van der Waals surface area contributed by atoms with E-state index in [2.05, 4.69) is 15.9 Å². The lowest BCUT2D eigenvalue weighted by atomic mass is 9.92. The predicted octanol–water partition coefficient (Wildman–Crippen LogP) is 3.53. The first-order valence-corrected chi connectivity index (χ1v) is 6.85. The first kappa shape index (κ1) is 13.0. The predicted molar refractivity (Wildman–Crippen MR) is 65.1 cm³/mol. The van der Waals surface area contributed by atoms with Crippen LogP contribution in [0.25, 0.3) is 0 Å². The monoisotopic (exact) mass is 276 g/mol. The van der Waals surface area contributed by atoms with Crippen molar-refractivity contribution < 1.29 is 9.53 Å². The summed E-state index contributed by atoms with van der Waals surface area (Å²) in [6.07, 6.45) is 4.87. The van der Waals surface area contributed by atoms with Crippen molar-refractivity contribution in [1.82, 2.24) is 0 Å². The Kier molecular flexibility index (Phi) is 4.63. The Morgan fingerprint density at radius 1 is 1.40 bits per heavy atom. The molecule has 88 valence electrons. The van der Waals surface area contributed by atoms with Crippen LogP contribution in [-0.2, 0) is 9.53 Å². The van der Waals surface area contributed by atoms with Gasteiger partial charge in [0.2, 0.25) is 0 Å². The van der Waals surface area contributed by atoms with Crippen molar-refractivity contribution in [3.8, 4) is 0 Å². The highest BCUT2D eigenvalue weighted by Gasteiger charge is 2.32. The molecule has 0 amide bonds. The van der Waals surface area contributed by atoms with Crippen LogP contribution in [0.1, 0.15) is 46.5 Å². The molecule has 0 aliphatic heterocycles. The zero-order valence-corrected chi connectivity index (χ0v) is 11.5. The number of hydrogen-bond donors (Lipinski definition) is 0. The lowest BCUT2D eigenvalue weighted by Gasteiger charge is -2.25. The summed E-state index contributed by atoms with van der Waals surface area (Å²) in [5.41, 5.74) is -0.365. The zero-order valence-electron chi connectivity index (χ0n) is 9.88. The van der Waals surface area contributed by atoms with Crippen LogP contribution in [0.4, 0.5) is 0 Å². The third-order valence-electron chi connectivity index (χ3n) is 2.84. The Bertz CT molecular complexity index is 214. The van der Waals surface area contributed by atoms with E-state index < -0.39 is 0 Å². The van der Waals surface area contributed by atoms with Crippen molar-refractivity contribution in [2.75, 3.05) is 5.33 Å². The molecular weight excluding hydrogens is 256 g/mol. The van der Waals surface area contributed by atoms with Gasteiger partial charge in [0.15, 0.2) is 0 Å². The first-order valence-electron chi connectivity index (χ1n) is 5.73. The molecule has 0 unspecified atom stereocenters. The molecule has 1 aliphatic carbocycles. The highest BCUT2D eigenvalue weighted by molar-refractivity contribution is 9.09. The van der Waals surface area contributed by atoms with Crippen LogP contribution in [0, 0.1) is 11.8 Å². The van der Waals surface area contributed by atoms with Crippen LogP contribution in [0.2, 0.25) is 0 Å². The summed E-state index contributed by atoms with van der Waals surface area (Å²) in [6.45, 7) is 5.76. The molecule has 1 saturated carbocycles. The highest BCUT2D eigenvalue weighted by Crippen LogP contribution is 2.33. The number of halogens is 1. The van der Waals surface area contributed by atoms with Gasteiger partial charge >= 0.3 is 5.97 Å². The molecule has 15 heavy (non-hydrogen) atoms. The second-order valence-corrected chi connectivity index (χ2v) is 5.99. The van der Waals surface area contributed by atoms with Crippen LogP contribution in [-0.4, -0.2) is 16.9 Å². The molecule has 0 spiro atoms. The summed E-state index contributed by atoms with van der Waals surface area (Å²) < 4.78 is 5.43. The fourth-order valence-corrected chi connectivity index (χ4v) is 2.91. The molecule has 1 fully saturated rings. The Balaban J connectivity index is 2.53. The standard InChI is InChI=1S/C12H21BrO2/c1-12(2,3)15-11(14)10(8-13)9-6-4-5-7-9/h9-10H,4-8H2,1-3H3/t10-/m1/s1. The van der Waals surface area contributed by atoms with Gasteiger partial charge in [0.05, 0.1) is 5.92 Å². The number of rotatable bonds is 3. The van der Waals surface area contributed by atoms with E-state index in [4.69, 9.17) is 4.74 Å². The van der Waals surface area contributed by atoms with Crippen molar-refractivity contribution in [2.24, 2.45) is 11.8 Å². The SMILES string of the molecule is CC(C)(C)OC(=O)[C@H](CBr)C1CCCC1. The van der Waals surface area contributed by atoms with E-state index in [-0.39, 0.29) is 17.5 Å².